The van der Waals surface area contributed by atoms with Gasteiger partial charge in [-0.2, -0.15) is 0 Å². The molecule has 0 spiro atoms. The smallest absolute Gasteiger partial charge is 0.288 e. The molecule has 2 atom stereocenters. The Morgan fingerprint density at radius 3 is 2.68 bits per heavy atom. The first kappa shape index (κ1) is 16.0. The maximum atomic E-state index is 10.7. The van der Waals surface area contributed by atoms with Crippen molar-refractivity contribution >= 4 is 21.6 Å². The molecule has 0 radical (unpaired) electrons. The van der Waals surface area contributed by atoms with E-state index in [9.17, 15) is 10.1 Å². The molecule has 0 fully saturated rings. The molecule has 6 heteroatoms. The van der Waals surface area contributed by atoms with Crippen molar-refractivity contribution in [3.8, 4) is 0 Å². The lowest BCUT2D eigenvalue weighted by molar-refractivity contribution is -0.385. The molecule has 1 aromatic heterocycles. The highest BCUT2D eigenvalue weighted by Crippen LogP contribution is 2.29. The Bertz CT molecular complexity index is 440. The molecule has 1 heterocycles. The zero-order valence-electron chi connectivity index (χ0n) is 11.5. The van der Waals surface area contributed by atoms with Gasteiger partial charge >= 0.3 is 0 Å². The predicted molar refractivity (Wildman–Crippen MR) is 79.4 cm³/mol. The van der Waals surface area contributed by atoms with E-state index in [-0.39, 0.29) is 11.6 Å². The van der Waals surface area contributed by atoms with Gasteiger partial charge in [0.15, 0.2) is 0 Å². The van der Waals surface area contributed by atoms with Crippen LogP contribution in [-0.4, -0.2) is 22.5 Å². The maximum absolute atomic E-state index is 10.7. The zero-order valence-corrected chi connectivity index (χ0v) is 13.1. The summed E-state index contributed by atoms with van der Waals surface area (Å²) in [6.07, 6.45) is 3.40. The van der Waals surface area contributed by atoms with Crippen molar-refractivity contribution in [2.45, 2.75) is 45.6 Å². The van der Waals surface area contributed by atoms with Crippen LogP contribution in [0.5, 0.6) is 0 Å². The van der Waals surface area contributed by atoms with Crippen LogP contribution in [0, 0.1) is 10.1 Å². The molecule has 0 aliphatic carbocycles. The van der Waals surface area contributed by atoms with E-state index < -0.39 is 4.92 Å². The van der Waals surface area contributed by atoms with Crippen LogP contribution in [0.1, 0.15) is 45.2 Å². The molecule has 0 bridgehead atoms. The van der Waals surface area contributed by atoms with Gasteiger partial charge in [0, 0.05) is 22.5 Å². The molecular formula is C13H20BrN3O2. The zero-order chi connectivity index (χ0) is 14.4. The normalized spacial score (nSPS) is 14.1. The van der Waals surface area contributed by atoms with Gasteiger partial charge < -0.3 is 5.32 Å². The third-order valence-electron chi connectivity index (χ3n) is 3.20. The molecule has 0 saturated heterocycles. The summed E-state index contributed by atoms with van der Waals surface area (Å²) in [7, 11) is 0. The number of hydrogen-bond acceptors (Lipinski definition) is 4. The first-order valence-electron chi connectivity index (χ1n) is 6.54. The number of nitro groups is 1. The van der Waals surface area contributed by atoms with Crippen LogP contribution in [-0.2, 0) is 0 Å². The first-order valence-corrected chi connectivity index (χ1v) is 7.33. The minimum Gasteiger partial charge on any atom is -0.313 e. The molecule has 0 aromatic carbocycles. The fourth-order valence-electron chi connectivity index (χ4n) is 2.07. The first-order chi connectivity index (χ1) is 9.01. The van der Waals surface area contributed by atoms with Crippen LogP contribution in [0.25, 0.3) is 0 Å². The van der Waals surface area contributed by atoms with Gasteiger partial charge in [0.25, 0.3) is 5.69 Å². The summed E-state index contributed by atoms with van der Waals surface area (Å²) in [5.74, 6) is 0.201. The minimum atomic E-state index is -0.432. The van der Waals surface area contributed by atoms with E-state index >= 15 is 0 Å². The van der Waals surface area contributed by atoms with Crippen molar-refractivity contribution in [3.63, 3.8) is 0 Å². The van der Waals surface area contributed by atoms with Crippen LogP contribution in [0.4, 0.5) is 5.69 Å². The van der Waals surface area contributed by atoms with E-state index in [1.807, 2.05) is 0 Å². The van der Waals surface area contributed by atoms with Gasteiger partial charge in [0.2, 0.25) is 0 Å². The fourth-order valence-corrected chi connectivity index (χ4v) is 2.77. The summed E-state index contributed by atoms with van der Waals surface area (Å²) in [6, 6.07) is 1.84. The van der Waals surface area contributed by atoms with E-state index in [2.05, 4.69) is 47.0 Å². The quantitative estimate of drug-likeness (QED) is 0.612. The summed E-state index contributed by atoms with van der Waals surface area (Å²) in [5.41, 5.74) is 0.874. The average Bonchev–Trinajstić information content (AvgIpc) is 2.39. The molecule has 0 aliphatic heterocycles. The SMILES string of the molecule is CCCNC(CC)C(C)c1ncc([N+](=O)[O-])cc1Br. The lowest BCUT2D eigenvalue weighted by Crippen LogP contribution is -2.34. The van der Waals surface area contributed by atoms with Crippen LogP contribution in [0.15, 0.2) is 16.7 Å². The van der Waals surface area contributed by atoms with Gasteiger partial charge in [-0.1, -0.05) is 20.8 Å². The number of nitrogens with zero attached hydrogens (tertiary/aromatic N) is 2. The van der Waals surface area contributed by atoms with E-state index in [1.54, 1.807) is 0 Å². The second-order valence-corrected chi connectivity index (χ2v) is 5.43. The van der Waals surface area contributed by atoms with E-state index in [0.29, 0.717) is 10.5 Å². The molecule has 0 amide bonds. The van der Waals surface area contributed by atoms with Crippen LogP contribution in [0.3, 0.4) is 0 Å². The Morgan fingerprint density at radius 1 is 1.53 bits per heavy atom. The number of pyridine rings is 1. The monoisotopic (exact) mass is 329 g/mol. The largest absolute Gasteiger partial charge is 0.313 e. The molecule has 19 heavy (non-hydrogen) atoms. The van der Waals surface area contributed by atoms with Crippen LogP contribution in [0.2, 0.25) is 0 Å². The van der Waals surface area contributed by atoms with E-state index in [1.165, 1.54) is 12.3 Å². The highest BCUT2D eigenvalue weighted by atomic mass is 79.9. The summed E-state index contributed by atoms with van der Waals surface area (Å²) in [5, 5.41) is 14.2. The van der Waals surface area contributed by atoms with Crippen LogP contribution >= 0.6 is 15.9 Å². The highest BCUT2D eigenvalue weighted by Gasteiger charge is 2.21. The summed E-state index contributed by atoms with van der Waals surface area (Å²) in [6.45, 7) is 7.32. The number of halogens is 1. The van der Waals surface area contributed by atoms with Gasteiger partial charge in [0.05, 0.1) is 10.6 Å². The Labute approximate surface area is 122 Å². The van der Waals surface area contributed by atoms with Crippen molar-refractivity contribution < 1.29 is 4.92 Å². The van der Waals surface area contributed by atoms with Gasteiger partial charge in [-0.05, 0) is 35.3 Å². The Kier molecular flexibility index (Phi) is 6.37. The number of hydrogen-bond donors (Lipinski definition) is 1. The molecule has 5 nitrogen and oxygen atoms in total. The van der Waals surface area contributed by atoms with Crippen molar-refractivity contribution in [1.82, 2.24) is 10.3 Å². The van der Waals surface area contributed by atoms with Gasteiger partial charge in [-0.3, -0.25) is 15.1 Å². The van der Waals surface area contributed by atoms with E-state index in [0.717, 1.165) is 25.1 Å². The lowest BCUT2D eigenvalue weighted by Gasteiger charge is -2.24. The number of nitrogens with one attached hydrogen (secondary N) is 1. The molecule has 0 saturated carbocycles. The average molecular weight is 330 g/mol. The highest BCUT2D eigenvalue weighted by molar-refractivity contribution is 9.10. The second-order valence-electron chi connectivity index (χ2n) is 4.58. The molecular weight excluding hydrogens is 310 g/mol. The Hall–Kier alpha value is -1.01. The number of aromatic nitrogens is 1. The van der Waals surface area contributed by atoms with Gasteiger partial charge in [-0.15, -0.1) is 0 Å². The molecule has 106 valence electrons. The van der Waals surface area contributed by atoms with Crippen molar-refractivity contribution in [3.05, 3.63) is 32.5 Å². The molecule has 1 rings (SSSR count). The van der Waals surface area contributed by atoms with Crippen molar-refractivity contribution in [2.75, 3.05) is 6.54 Å². The molecule has 1 N–H and O–H groups in total. The summed E-state index contributed by atoms with van der Waals surface area (Å²) >= 11 is 3.39. The standard InChI is InChI=1S/C13H20BrN3O2/c1-4-6-15-12(5-2)9(3)13-11(14)7-10(8-16-13)17(18)19/h7-9,12,15H,4-6H2,1-3H3. The fraction of sp³-hybridized carbons (Fsp3) is 0.615. The number of rotatable bonds is 7. The molecule has 1 aromatic rings. The van der Waals surface area contributed by atoms with E-state index in [4.69, 9.17) is 0 Å². The third-order valence-corrected chi connectivity index (χ3v) is 3.83. The predicted octanol–water partition coefficient (Wildman–Crippen LogP) is 3.63. The van der Waals surface area contributed by atoms with Gasteiger partial charge in [0.1, 0.15) is 6.20 Å². The maximum Gasteiger partial charge on any atom is 0.288 e. The Morgan fingerprint density at radius 2 is 2.21 bits per heavy atom. The second kappa shape index (κ2) is 7.55. The minimum absolute atomic E-state index is 0.0115. The van der Waals surface area contributed by atoms with Gasteiger partial charge in [-0.25, -0.2) is 0 Å². The Balaban J connectivity index is 2.91. The van der Waals surface area contributed by atoms with Crippen LogP contribution < -0.4 is 5.32 Å². The van der Waals surface area contributed by atoms with Crippen molar-refractivity contribution in [1.29, 1.82) is 0 Å². The lowest BCUT2D eigenvalue weighted by atomic mass is 9.95. The topological polar surface area (TPSA) is 68.1 Å². The third kappa shape index (κ3) is 4.24. The summed E-state index contributed by atoms with van der Waals surface area (Å²) in [4.78, 5) is 14.5. The summed E-state index contributed by atoms with van der Waals surface area (Å²) < 4.78 is 0.700. The molecule has 0 aliphatic rings. The molecule has 2 unspecified atom stereocenters. The van der Waals surface area contributed by atoms with Crippen molar-refractivity contribution in [2.24, 2.45) is 0 Å².